The van der Waals surface area contributed by atoms with Crippen molar-refractivity contribution in [3.05, 3.63) is 0 Å². The standard InChI is InChI=1S/C10H20N2O4S/c1-12(5-6-16-2)10(15)11-8(9(13)14)4-7-17-3/h8H,4-7H2,1-3H3,(H,11,15)(H,13,14)/t8-/m0/s1. The maximum atomic E-state index is 11.6. The van der Waals surface area contributed by atoms with Gasteiger partial charge in [0.15, 0.2) is 0 Å². The number of carboxylic acids is 1. The predicted molar refractivity (Wildman–Crippen MR) is 67.5 cm³/mol. The Balaban J connectivity index is 4.15. The van der Waals surface area contributed by atoms with E-state index in [1.54, 1.807) is 25.9 Å². The summed E-state index contributed by atoms with van der Waals surface area (Å²) in [5, 5.41) is 11.4. The molecular weight excluding hydrogens is 244 g/mol. The van der Waals surface area contributed by atoms with E-state index in [0.29, 0.717) is 25.3 Å². The van der Waals surface area contributed by atoms with E-state index in [2.05, 4.69) is 5.32 Å². The monoisotopic (exact) mass is 264 g/mol. The number of rotatable bonds is 8. The van der Waals surface area contributed by atoms with Crippen molar-refractivity contribution in [2.45, 2.75) is 12.5 Å². The maximum absolute atomic E-state index is 11.6. The third kappa shape index (κ3) is 7.06. The minimum atomic E-state index is -1.01. The molecular formula is C10H20N2O4S. The smallest absolute Gasteiger partial charge is 0.326 e. The van der Waals surface area contributed by atoms with Crippen LogP contribution in [0.2, 0.25) is 0 Å². The van der Waals surface area contributed by atoms with Crippen molar-refractivity contribution in [3.8, 4) is 0 Å². The minimum Gasteiger partial charge on any atom is -0.480 e. The van der Waals surface area contributed by atoms with Crippen molar-refractivity contribution in [2.75, 3.05) is 39.3 Å². The van der Waals surface area contributed by atoms with E-state index in [1.807, 2.05) is 6.26 Å². The first kappa shape index (κ1) is 16.1. The quantitative estimate of drug-likeness (QED) is 0.666. The summed E-state index contributed by atoms with van der Waals surface area (Å²) >= 11 is 1.55. The fraction of sp³-hybridized carbons (Fsp3) is 0.800. The number of ether oxygens (including phenoxy) is 1. The Morgan fingerprint density at radius 3 is 2.65 bits per heavy atom. The van der Waals surface area contributed by atoms with Gasteiger partial charge in [0, 0.05) is 20.7 Å². The van der Waals surface area contributed by atoms with Crippen LogP contribution in [0.5, 0.6) is 0 Å². The van der Waals surface area contributed by atoms with Gasteiger partial charge in [0.2, 0.25) is 0 Å². The van der Waals surface area contributed by atoms with Crippen LogP contribution in [0.3, 0.4) is 0 Å². The maximum Gasteiger partial charge on any atom is 0.326 e. The molecule has 0 spiro atoms. The molecule has 100 valence electrons. The molecule has 0 bridgehead atoms. The Morgan fingerprint density at radius 2 is 2.18 bits per heavy atom. The van der Waals surface area contributed by atoms with Crippen molar-refractivity contribution in [3.63, 3.8) is 0 Å². The Labute approximate surface area is 106 Å². The fourth-order valence-corrected chi connectivity index (χ4v) is 1.55. The van der Waals surface area contributed by atoms with Crippen molar-refractivity contribution in [2.24, 2.45) is 0 Å². The van der Waals surface area contributed by atoms with Crippen LogP contribution in [0.25, 0.3) is 0 Å². The molecule has 0 aliphatic heterocycles. The summed E-state index contributed by atoms with van der Waals surface area (Å²) in [6, 6.07) is -1.23. The van der Waals surface area contributed by atoms with Crippen molar-refractivity contribution in [1.82, 2.24) is 10.2 Å². The Morgan fingerprint density at radius 1 is 1.53 bits per heavy atom. The van der Waals surface area contributed by atoms with Crippen molar-refractivity contribution < 1.29 is 19.4 Å². The Hall–Kier alpha value is -0.950. The molecule has 0 rings (SSSR count). The molecule has 1 atom stereocenters. The summed E-state index contributed by atoms with van der Waals surface area (Å²) in [6.45, 7) is 0.851. The number of nitrogens with one attached hydrogen (secondary N) is 1. The third-order valence-electron chi connectivity index (χ3n) is 2.18. The number of methoxy groups -OCH3 is 1. The Kier molecular flexibility index (Phi) is 8.61. The fourth-order valence-electron chi connectivity index (χ4n) is 1.08. The minimum absolute atomic E-state index is 0.393. The lowest BCUT2D eigenvalue weighted by molar-refractivity contribution is -0.139. The van der Waals surface area contributed by atoms with Crippen molar-refractivity contribution >= 4 is 23.8 Å². The average Bonchev–Trinajstić information content (AvgIpc) is 2.30. The van der Waals surface area contributed by atoms with Crippen LogP contribution in [-0.4, -0.2) is 67.4 Å². The number of carboxylic acid groups (broad SMARTS) is 1. The number of urea groups is 1. The predicted octanol–water partition coefficient (Wildman–Crippen LogP) is 0.480. The number of likely N-dealkylation sites (N-methyl/N-ethyl adjacent to an activating group) is 1. The van der Waals surface area contributed by atoms with Gasteiger partial charge in [-0.05, 0) is 18.4 Å². The first-order valence-corrected chi connectivity index (χ1v) is 6.64. The molecule has 0 unspecified atom stereocenters. The van der Waals surface area contributed by atoms with Gasteiger partial charge in [0.05, 0.1) is 6.61 Å². The second-order valence-electron chi connectivity index (χ2n) is 3.54. The first-order valence-electron chi connectivity index (χ1n) is 5.25. The molecule has 0 saturated heterocycles. The third-order valence-corrected chi connectivity index (χ3v) is 2.83. The summed E-state index contributed by atoms with van der Waals surface area (Å²) in [5.41, 5.74) is 0. The molecule has 0 aromatic rings. The summed E-state index contributed by atoms with van der Waals surface area (Å²) in [6.07, 6.45) is 2.31. The second-order valence-corrected chi connectivity index (χ2v) is 4.52. The summed E-state index contributed by atoms with van der Waals surface area (Å²) in [4.78, 5) is 23.9. The van der Waals surface area contributed by atoms with Gasteiger partial charge in [-0.1, -0.05) is 0 Å². The van der Waals surface area contributed by atoms with Gasteiger partial charge in [-0.25, -0.2) is 9.59 Å². The molecule has 0 aromatic heterocycles. The molecule has 0 aliphatic carbocycles. The molecule has 0 aromatic carbocycles. The highest BCUT2D eigenvalue weighted by Crippen LogP contribution is 2.01. The topological polar surface area (TPSA) is 78.9 Å². The van der Waals surface area contributed by atoms with Crippen LogP contribution in [0.1, 0.15) is 6.42 Å². The number of amides is 2. The number of carbonyl (C=O) groups excluding carboxylic acids is 1. The van der Waals surface area contributed by atoms with Crippen LogP contribution in [0.15, 0.2) is 0 Å². The van der Waals surface area contributed by atoms with Crippen molar-refractivity contribution in [1.29, 1.82) is 0 Å². The molecule has 0 heterocycles. The number of hydrogen-bond donors (Lipinski definition) is 2. The average molecular weight is 264 g/mol. The number of carbonyl (C=O) groups is 2. The van der Waals surface area contributed by atoms with Gasteiger partial charge in [-0.3, -0.25) is 0 Å². The highest BCUT2D eigenvalue weighted by Gasteiger charge is 2.20. The normalized spacial score (nSPS) is 11.9. The van der Waals surface area contributed by atoms with Crippen LogP contribution in [0, 0.1) is 0 Å². The number of aliphatic carboxylic acids is 1. The lowest BCUT2D eigenvalue weighted by atomic mass is 10.2. The van der Waals surface area contributed by atoms with E-state index in [1.165, 1.54) is 4.90 Å². The molecule has 0 saturated carbocycles. The lowest BCUT2D eigenvalue weighted by Gasteiger charge is -2.20. The van der Waals surface area contributed by atoms with E-state index in [9.17, 15) is 9.59 Å². The zero-order valence-electron chi connectivity index (χ0n) is 10.4. The zero-order chi connectivity index (χ0) is 13.3. The highest BCUT2D eigenvalue weighted by atomic mass is 32.2. The molecule has 6 nitrogen and oxygen atoms in total. The molecule has 2 amide bonds. The van der Waals surface area contributed by atoms with Crippen LogP contribution in [0.4, 0.5) is 4.79 Å². The molecule has 0 aliphatic rings. The van der Waals surface area contributed by atoms with E-state index in [-0.39, 0.29) is 0 Å². The van der Waals surface area contributed by atoms with Crippen LogP contribution in [-0.2, 0) is 9.53 Å². The van der Waals surface area contributed by atoms with E-state index in [0.717, 1.165) is 0 Å². The van der Waals surface area contributed by atoms with Crippen LogP contribution < -0.4 is 5.32 Å². The highest BCUT2D eigenvalue weighted by molar-refractivity contribution is 7.98. The SMILES string of the molecule is COCCN(C)C(=O)N[C@@H](CCSC)C(=O)O. The Bertz CT molecular complexity index is 250. The largest absolute Gasteiger partial charge is 0.480 e. The second kappa shape index (κ2) is 9.12. The number of hydrogen-bond acceptors (Lipinski definition) is 4. The van der Waals surface area contributed by atoms with Gasteiger partial charge in [0.1, 0.15) is 6.04 Å². The van der Waals surface area contributed by atoms with E-state index < -0.39 is 18.0 Å². The molecule has 7 heteroatoms. The summed E-state index contributed by atoms with van der Waals surface area (Å²) < 4.78 is 4.84. The first-order chi connectivity index (χ1) is 8.02. The lowest BCUT2D eigenvalue weighted by Crippen LogP contribution is -2.47. The summed E-state index contributed by atoms with van der Waals surface area (Å²) in [5.74, 6) is -0.313. The molecule has 2 N–H and O–H groups in total. The molecule has 0 radical (unpaired) electrons. The van der Waals surface area contributed by atoms with Gasteiger partial charge < -0.3 is 20.1 Å². The number of thioether (sulfide) groups is 1. The van der Waals surface area contributed by atoms with Gasteiger partial charge in [-0.15, -0.1) is 0 Å². The van der Waals surface area contributed by atoms with Gasteiger partial charge in [0.25, 0.3) is 0 Å². The summed E-state index contributed by atoms with van der Waals surface area (Å²) in [7, 11) is 3.14. The number of nitrogens with zero attached hydrogens (tertiary/aromatic N) is 1. The van der Waals surface area contributed by atoms with Crippen LogP contribution >= 0.6 is 11.8 Å². The molecule has 0 fully saturated rings. The van der Waals surface area contributed by atoms with Gasteiger partial charge >= 0.3 is 12.0 Å². The van der Waals surface area contributed by atoms with E-state index >= 15 is 0 Å². The van der Waals surface area contributed by atoms with Gasteiger partial charge in [-0.2, -0.15) is 11.8 Å². The molecule has 17 heavy (non-hydrogen) atoms. The zero-order valence-corrected chi connectivity index (χ0v) is 11.2. The van der Waals surface area contributed by atoms with E-state index in [4.69, 9.17) is 9.84 Å².